The zero-order valence-electron chi connectivity index (χ0n) is 11.6. The van der Waals surface area contributed by atoms with Gasteiger partial charge in [0.15, 0.2) is 6.61 Å². The Morgan fingerprint density at radius 3 is 2.75 bits per heavy atom. The number of nitrogens with two attached hydrogens (primary N) is 1. The van der Waals surface area contributed by atoms with Crippen molar-refractivity contribution in [1.29, 1.82) is 0 Å². The number of aromatic nitrogens is 2. The zero-order valence-corrected chi connectivity index (χ0v) is 11.6. The molecule has 106 valence electrons. The molecule has 2 aromatic rings. The van der Waals surface area contributed by atoms with E-state index in [0.29, 0.717) is 18.3 Å². The molecule has 0 radical (unpaired) electrons. The minimum absolute atomic E-state index is 0.0855. The lowest BCUT2D eigenvalue weighted by molar-refractivity contribution is 0.285. The zero-order chi connectivity index (χ0) is 13.9. The van der Waals surface area contributed by atoms with Gasteiger partial charge in [-0.1, -0.05) is 24.2 Å². The lowest BCUT2D eigenvalue weighted by Gasteiger charge is -2.10. The van der Waals surface area contributed by atoms with Crippen molar-refractivity contribution in [3.05, 3.63) is 41.5 Å². The standard InChI is InChI=1S/C15H19N3O2/c1-2-13(16)10-5-7-12(8-6-10)19-9-14-17-15(20-18-14)11-3-4-11/h5-8,11,13H,2-4,9,16H2,1H3/t13-/m0/s1. The van der Waals surface area contributed by atoms with Gasteiger partial charge in [0.1, 0.15) is 5.75 Å². The van der Waals surface area contributed by atoms with Crippen LogP contribution in [0.4, 0.5) is 0 Å². The molecule has 1 heterocycles. The molecule has 20 heavy (non-hydrogen) atoms. The summed E-state index contributed by atoms with van der Waals surface area (Å²) < 4.78 is 10.8. The molecule has 0 saturated heterocycles. The average molecular weight is 273 g/mol. The van der Waals surface area contributed by atoms with Gasteiger partial charge in [-0.3, -0.25) is 0 Å². The predicted octanol–water partition coefficient (Wildman–Crippen LogP) is 2.94. The van der Waals surface area contributed by atoms with E-state index in [2.05, 4.69) is 17.1 Å². The Kier molecular flexibility index (Phi) is 3.69. The molecule has 0 unspecified atom stereocenters. The third kappa shape index (κ3) is 2.99. The van der Waals surface area contributed by atoms with Gasteiger partial charge in [-0.05, 0) is 37.0 Å². The van der Waals surface area contributed by atoms with Crippen LogP contribution in [0.1, 0.15) is 55.4 Å². The van der Waals surface area contributed by atoms with E-state index >= 15 is 0 Å². The van der Waals surface area contributed by atoms with Crippen LogP contribution in [0.3, 0.4) is 0 Å². The maximum Gasteiger partial charge on any atom is 0.229 e. The summed E-state index contributed by atoms with van der Waals surface area (Å²) in [5.74, 6) is 2.61. The highest BCUT2D eigenvalue weighted by Gasteiger charge is 2.29. The molecule has 1 fully saturated rings. The molecule has 1 atom stereocenters. The second kappa shape index (κ2) is 5.63. The average Bonchev–Trinajstić information content (AvgIpc) is 3.24. The van der Waals surface area contributed by atoms with Crippen LogP contribution < -0.4 is 10.5 Å². The monoisotopic (exact) mass is 273 g/mol. The first-order chi connectivity index (χ1) is 9.76. The van der Waals surface area contributed by atoms with Crippen molar-refractivity contribution in [2.75, 3.05) is 0 Å². The number of hydrogen-bond donors (Lipinski definition) is 1. The number of ether oxygens (including phenoxy) is 1. The number of rotatable bonds is 6. The highest BCUT2D eigenvalue weighted by molar-refractivity contribution is 5.29. The summed E-state index contributed by atoms with van der Waals surface area (Å²) in [6.45, 7) is 2.40. The van der Waals surface area contributed by atoms with Gasteiger partial charge in [0.25, 0.3) is 0 Å². The molecule has 2 N–H and O–H groups in total. The molecular weight excluding hydrogens is 254 g/mol. The SMILES string of the molecule is CC[C@H](N)c1ccc(OCc2noc(C3CC3)n2)cc1. The van der Waals surface area contributed by atoms with E-state index in [1.54, 1.807) is 0 Å². The molecule has 1 saturated carbocycles. The summed E-state index contributed by atoms with van der Waals surface area (Å²) in [6, 6.07) is 7.92. The summed E-state index contributed by atoms with van der Waals surface area (Å²) in [4.78, 5) is 4.32. The minimum atomic E-state index is 0.0855. The van der Waals surface area contributed by atoms with E-state index < -0.39 is 0 Å². The van der Waals surface area contributed by atoms with Gasteiger partial charge in [0.05, 0.1) is 0 Å². The number of nitrogens with zero attached hydrogens (tertiary/aromatic N) is 2. The molecule has 0 amide bonds. The first-order valence-corrected chi connectivity index (χ1v) is 7.07. The summed E-state index contributed by atoms with van der Waals surface area (Å²) in [5.41, 5.74) is 7.09. The van der Waals surface area contributed by atoms with Crippen LogP contribution in [0, 0.1) is 0 Å². The highest BCUT2D eigenvalue weighted by Crippen LogP contribution is 2.38. The van der Waals surface area contributed by atoms with Crippen molar-refractivity contribution in [2.45, 2.75) is 44.8 Å². The first kappa shape index (κ1) is 13.1. The van der Waals surface area contributed by atoms with Gasteiger partial charge in [0, 0.05) is 12.0 Å². The molecule has 1 aromatic carbocycles. The number of hydrogen-bond acceptors (Lipinski definition) is 5. The fourth-order valence-electron chi connectivity index (χ4n) is 2.02. The summed E-state index contributed by atoms with van der Waals surface area (Å²) in [6.07, 6.45) is 3.23. The van der Waals surface area contributed by atoms with Crippen molar-refractivity contribution in [2.24, 2.45) is 5.73 Å². The Labute approximate surface area is 118 Å². The molecule has 5 heteroatoms. The van der Waals surface area contributed by atoms with E-state index in [1.807, 2.05) is 24.3 Å². The Bertz CT molecular complexity index is 561. The van der Waals surface area contributed by atoms with E-state index in [-0.39, 0.29) is 6.04 Å². The van der Waals surface area contributed by atoms with Crippen molar-refractivity contribution in [3.63, 3.8) is 0 Å². The highest BCUT2D eigenvalue weighted by atomic mass is 16.5. The van der Waals surface area contributed by atoms with Crippen LogP contribution in [-0.4, -0.2) is 10.1 Å². The van der Waals surface area contributed by atoms with Gasteiger partial charge >= 0.3 is 0 Å². The van der Waals surface area contributed by atoms with Crippen LogP contribution in [0.15, 0.2) is 28.8 Å². The molecular formula is C15H19N3O2. The maximum absolute atomic E-state index is 5.97. The molecule has 1 aliphatic rings. The van der Waals surface area contributed by atoms with Crippen molar-refractivity contribution < 1.29 is 9.26 Å². The fourth-order valence-corrected chi connectivity index (χ4v) is 2.02. The first-order valence-electron chi connectivity index (χ1n) is 7.07. The van der Waals surface area contributed by atoms with Crippen LogP contribution in [0.2, 0.25) is 0 Å². The smallest absolute Gasteiger partial charge is 0.229 e. The van der Waals surface area contributed by atoms with Crippen LogP contribution >= 0.6 is 0 Å². The summed E-state index contributed by atoms with van der Waals surface area (Å²) in [7, 11) is 0. The Morgan fingerprint density at radius 2 is 2.10 bits per heavy atom. The summed E-state index contributed by atoms with van der Waals surface area (Å²) >= 11 is 0. The molecule has 0 aliphatic heterocycles. The van der Waals surface area contributed by atoms with Gasteiger partial charge in [-0.15, -0.1) is 0 Å². The minimum Gasteiger partial charge on any atom is -0.485 e. The lowest BCUT2D eigenvalue weighted by atomic mass is 10.1. The lowest BCUT2D eigenvalue weighted by Crippen LogP contribution is -2.08. The Balaban J connectivity index is 1.57. The topological polar surface area (TPSA) is 74.2 Å². The normalized spacial score (nSPS) is 16.1. The Morgan fingerprint density at radius 1 is 1.35 bits per heavy atom. The van der Waals surface area contributed by atoms with Gasteiger partial charge in [0.2, 0.25) is 11.7 Å². The molecule has 0 bridgehead atoms. The quantitative estimate of drug-likeness (QED) is 0.875. The van der Waals surface area contributed by atoms with Gasteiger partial charge in [-0.25, -0.2) is 0 Å². The van der Waals surface area contributed by atoms with Crippen molar-refractivity contribution in [3.8, 4) is 5.75 Å². The molecule has 0 spiro atoms. The van der Waals surface area contributed by atoms with Crippen LogP contribution in [0.25, 0.3) is 0 Å². The van der Waals surface area contributed by atoms with E-state index in [0.717, 1.165) is 36.5 Å². The van der Waals surface area contributed by atoms with Crippen LogP contribution in [0.5, 0.6) is 5.75 Å². The number of benzene rings is 1. The second-order valence-corrected chi connectivity index (χ2v) is 5.20. The van der Waals surface area contributed by atoms with E-state index in [9.17, 15) is 0 Å². The van der Waals surface area contributed by atoms with Crippen LogP contribution in [-0.2, 0) is 6.61 Å². The van der Waals surface area contributed by atoms with Crippen molar-refractivity contribution >= 4 is 0 Å². The maximum atomic E-state index is 5.97. The van der Waals surface area contributed by atoms with Gasteiger partial charge < -0.3 is 15.0 Å². The summed E-state index contributed by atoms with van der Waals surface area (Å²) in [5, 5.41) is 3.92. The third-order valence-electron chi connectivity index (χ3n) is 3.53. The molecule has 3 rings (SSSR count). The largest absolute Gasteiger partial charge is 0.485 e. The van der Waals surface area contributed by atoms with E-state index in [1.165, 1.54) is 0 Å². The third-order valence-corrected chi connectivity index (χ3v) is 3.53. The molecule has 1 aliphatic carbocycles. The Hall–Kier alpha value is -1.88. The molecule has 5 nitrogen and oxygen atoms in total. The predicted molar refractivity (Wildman–Crippen MR) is 74.3 cm³/mol. The fraction of sp³-hybridized carbons (Fsp3) is 0.467. The van der Waals surface area contributed by atoms with E-state index in [4.69, 9.17) is 15.0 Å². The molecule has 1 aromatic heterocycles. The second-order valence-electron chi connectivity index (χ2n) is 5.20. The van der Waals surface area contributed by atoms with Crippen molar-refractivity contribution in [1.82, 2.24) is 10.1 Å². The van der Waals surface area contributed by atoms with Gasteiger partial charge in [-0.2, -0.15) is 4.98 Å².